The van der Waals surface area contributed by atoms with Gasteiger partial charge in [-0.05, 0) is 19.9 Å². The number of aryl methyl sites for hydroxylation is 1. The minimum absolute atomic E-state index is 0.572. The van der Waals surface area contributed by atoms with Gasteiger partial charge < -0.3 is 5.32 Å². The third-order valence-corrected chi connectivity index (χ3v) is 3.37. The zero-order chi connectivity index (χ0) is 11.7. The molecule has 3 rings (SSSR count). The Balaban J connectivity index is 1.94. The molecule has 1 atom stereocenters. The summed E-state index contributed by atoms with van der Waals surface area (Å²) in [6, 6.07) is 0. The van der Waals surface area contributed by atoms with Crippen LogP contribution in [0.4, 0.5) is 0 Å². The summed E-state index contributed by atoms with van der Waals surface area (Å²) in [6.45, 7) is 5.14. The van der Waals surface area contributed by atoms with Crippen LogP contribution in [-0.4, -0.2) is 32.4 Å². The molecule has 17 heavy (non-hydrogen) atoms. The Hall–Kier alpha value is -1.62. The van der Waals surface area contributed by atoms with E-state index in [4.69, 9.17) is 0 Å². The molecule has 1 fully saturated rings. The molecule has 0 aromatic carbocycles. The zero-order valence-electron chi connectivity index (χ0n) is 10.0. The van der Waals surface area contributed by atoms with E-state index in [1.54, 1.807) is 0 Å². The molecule has 5 heteroatoms. The predicted molar refractivity (Wildman–Crippen MR) is 65.3 cm³/mol. The summed E-state index contributed by atoms with van der Waals surface area (Å²) in [5.41, 5.74) is 2.39. The summed E-state index contributed by atoms with van der Waals surface area (Å²) in [7, 11) is 0. The molecule has 0 radical (unpaired) electrons. The number of aromatic nitrogens is 4. The van der Waals surface area contributed by atoms with Gasteiger partial charge in [0, 0.05) is 37.1 Å². The number of rotatable bonds is 3. The van der Waals surface area contributed by atoms with E-state index < -0.39 is 0 Å². The van der Waals surface area contributed by atoms with Gasteiger partial charge in [0.25, 0.3) is 0 Å². The first-order valence-corrected chi connectivity index (χ1v) is 6.14. The molecule has 0 aliphatic carbocycles. The maximum absolute atomic E-state index is 4.31. The quantitative estimate of drug-likeness (QED) is 0.862. The van der Waals surface area contributed by atoms with E-state index >= 15 is 0 Å². The van der Waals surface area contributed by atoms with E-state index in [0.29, 0.717) is 5.92 Å². The van der Waals surface area contributed by atoms with Crippen LogP contribution in [0.5, 0.6) is 0 Å². The van der Waals surface area contributed by atoms with Crippen LogP contribution in [0.15, 0.2) is 24.9 Å². The fraction of sp³-hybridized carbons (Fsp3) is 0.500. The lowest BCUT2D eigenvalue weighted by molar-refractivity contribution is 0.658. The monoisotopic (exact) mass is 231 g/mol. The van der Waals surface area contributed by atoms with Crippen LogP contribution in [0.1, 0.15) is 25.0 Å². The standard InChI is InChI=1S/C12H17N5/c1-2-16-8-11(6-15-16)17-9-14-7-12(17)10-3-4-13-5-10/h6-10,13H,2-5H2,1H3. The fourth-order valence-corrected chi connectivity index (χ4v) is 2.38. The Morgan fingerprint density at radius 1 is 1.47 bits per heavy atom. The second-order valence-corrected chi connectivity index (χ2v) is 4.43. The minimum atomic E-state index is 0.572. The first-order chi connectivity index (χ1) is 8.38. The molecule has 1 unspecified atom stereocenters. The van der Waals surface area contributed by atoms with Crippen molar-refractivity contribution >= 4 is 0 Å². The molecule has 2 aromatic heterocycles. The van der Waals surface area contributed by atoms with Gasteiger partial charge in [0.15, 0.2) is 0 Å². The lowest BCUT2D eigenvalue weighted by Crippen LogP contribution is -2.10. The summed E-state index contributed by atoms with van der Waals surface area (Å²) in [6.07, 6.45) is 9.00. The average molecular weight is 231 g/mol. The van der Waals surface area contributed by atoms with Crippen molar-refractivity contribution in [1.82, 2.24) is 24.6 Å². The Labute approximate surface area is 100 Å². The maximum Gasteiger partial charge on any atom is 0.0995 e. The largest absolute Gasteiger partial charge is 0.316 e. The Kier molecular flexibility index (Phi) is 2.68. The molecule has 1 saturated heterocycles. The van der Waals surface area contributed by atoms with E-state index in [0.717, 1.165) is 25.3 Å². The molecular formula is C12H17N5. The van der Waals surface area contributed by atoms with Crippen LogP contribution < -0.4 is 5.32 Å². The average Bonchev–Trinajstić information content (AvgIpc) is 3.09. The highest BCUT2D eigenvalue weighted by Gasteiger charge is 2.20. The highest BCUT2D eigenvalue weighted by atomic mass is 15.3. The summed E-state index contributed by atoms with van der Waals surface area (Å²) >= 11 is 0. The Bertz CT molecular complexity index is 492. The number of nitrogens with one attached hydrogen (secondary N) is 1. The van der Waals surface area contributed by atoms with Gasteiger partial charge in [-0.3, -0.25) is 9.25 Å². The second kappa shape index (κ2) is 4.33. The Morgan fingerprint density at radius 2 is 2.41 bits per heavy atom. The first kappa shape index (κ1) is 10.5. The van der Waals surface area contributed by atoms with E-state index in [1.807, 2.05) is 23.4 Å². The maximum atomic E-state index is 4.31. The van der Waals surface area contributed by atoms with Crippen molar-refractivity contribution in [3.05, 3.63) is 30.6 Å². The third-order valence-electron chi connectivity index (χ3n) is 3.37. The number of nitrogens with zero attached hydrogens (tertiary/aromatic N) is 4. The van der Waals surface area contributed by atoms with Gasteiger partial charge in [-0.1, -0.05) is 0 Å². The molecule has 0 bridgehead atoms. The van der Waals surface area contributed by atoms with Gasteiger partial charge >= 0.3 is 0 Å². The summed E-state index contributed by atoms with van der Waals surface area (Å²) < 4.78 is 4.09. The highest BCUT2D eigenvalue weighted by Crippen LogP contribution is 2.24. The molecule has 1 aliphatic heterocycles. The lowest BCUT2D eigenvalue weighted by Gasteiger charge is -2.10. The topological polar surface area (TPSA) is 47.7 Å². The van der Waals surface area contributed by atoms with Crippen LogP contribution in [0.25, 0.3) is 5.69 Å². The van der Waals surface area contributed by atoms with Crippen LogP contribution in [-0.2, 0) is 6.54 Å². The van der Waals surface area contributed by atoms with Crippen molar-refractivity contribution in [2.24, 2.45) is 0 Å². The van der Waals surface area contributed by atoms with Crippen molar-refractivity contribution in [1.29, 1.82) is 0 Å². The summed E-state index contributed by atoms with van der Waals surface area (Å²) in [5, 5.41) is 7.70. The first-order valence-electron chi connectivity index (χ1n) is 6.14. The second-order valence-electron chi connectivity index (χ2n) is 4.43. The molecule has 2 aromatic rings. The minimum Gasteiger partial charge on any atom is -0.316 e. The van der Waals surface area contributed by atoms with Gasteiger partial charge in [0.05, 0.1) is 18.2 Å². The number of hydrogen-bond acceptors (Lipinski definition) is 3. The van der Waals surface area contributed by atoms with E-state index in [9.17, 15) is 0 Å². The van der Waals surface area contributed by atoms with Crippen LogP contribution >= 0.6 is 0 Å². The smallest absolute Gasteiger partial charge is 0.0995 e. The van der Waals surface area contributed by atoms with Crippen LogP contribution in [0.2, 0.25) is 0 Å². The van der Waals surface area contributed by atoms with E-state index in [2.05, 4.69) is 33.1 Å². The predicted octanol–water partition coefficient (Wildman–Crippen LogP) is 1.17. The summed E-state index contributed by atoms with van der Waals surface area (Å²) in [4.78, 5) is 4.28. The molecule has 0 amide bonds. The molecular weight excluding hydrogens is 214 g/mol. The molecule has 1 N–H and O–H groups in total. The number of imidazole rings is 1. The van der Waals surface area contributed by atoms with Gasteiger partial charge in [-0.15, -0.1) is 0 Å². The zero-order valence-corrected chi connectivity index (χ0v) is 10.0. The van der Waals surface area contributed by atoms with Crippen LogP contribution in [0, 0.1) is 0 Å². The summed E-state index contributed by atoms with van der Waals surface area (Å²) in [5.74, 6) is 0.572. The molecule has 1 aliphatic rings. The van der Waals surface area contributed by atoms with Crippen molar-refractivity contribution in [2.75, 3.05) is 13.1 Å². The van der Waals surface area contributed by atoms with Gasteiger partial charge in [-0.2, -0.15) is 5.10 Å². The number of hydrogen-bond donors (Lipinski definition) is 1. The fourth-order valence-electron chi connectivity index (χ4n) is 2.38. The van der Waals surface area contributed by atoms with Crippen molar-refractivity contribution in [2.45, 2.75) is 25.8 Å². The molecule has 3 heterocycles. The van der Waals surface area contributed by atoms with Crippen molar-refractivity contribution < 1.29 is 0 Å². The van der Waals surface area contributed by atoms with Gasteiger partial charge in [-0.25, -0.2) is 4.98 Å². The molecule has 0 spiro atoms. The van der Waals surface area contributed by atoms with Crippen LogP contribution in [0.3, 0.4) is 0 Å². The molecule has 5 nitrogen and oxygen atoms in total. The third kappa shape index (κ3) is 1.86. The highest BCUT2D eigenvalue weighted by molar-refractivity contribution is 5.30. The van der Waals surface area contributed by atoms with Crippen molar-refractivity contribution in [3.8, 4) is 5.69 Å². The Morgan fingerprint density at radius 3 is 3.12 bits per heavy atom. The SMILES string of the molecule is CCn1cc(-n2cncc2C2CCNC2)cn1. The van der Waals surface area contributed by atoms with Gasteiger partial charge in [0.2, 0.25) is 0 Å². The van der Waals surface area contributed by atoms with E-state index in [-0.39, 0.29) is 0 Å². The van der Waals surface area contributed by atoms with E-state index in [1.165, 1.54) is 12.1 Å². The molecule has 0 saturated carbocycles. The van der Waals surface area contributed by atoms with Crippen molar-refractivity contribution in [3.63, 3.8) is 0 Å². The molecule has 90 valence electrons. The lowest BCUT2D eigenvalue weighted by atomic mass is 10.1. The van der Waals surface area contributed by atoms with Gasteiger partial charge in [0.1, 0.15) is 0 Å². The normalized spacial score (nSPS) is 19.9.